The van der Waals surface area contributed by atoms with Crippen molar-refractivity contribution in [3.05, 3.63) is 77.3 Å². The minimum Gasteiger partial charge on any atom is -0.619 e. The topological polar surface area (TPSA) is 47.2 Å². The van der Waals surface area contributed by atoms with Gasteiger partial charge in [0.05, 0.1) is 0 Å². The molecule has 1 heterocycles. The van der Waals surface area contributed by atoms with Crippen molar-refractivity contribution in [1.29, 1.82) is 0 Å². The maximum absolute atomic E-state index is 11.5. The number of aliphatic hydroxyl groups excluding tert-OH is 1. The monoisotopic (exact) mass is 283 g/mol. The van der Waals surface area contributed by atoms with Crippen molar-refractivity contribution >= 4 is 5.57 Å². The third-order valence-corrected chi connectivity index (χ3v) is 3.38. The number of hydrogen-bond acceptors (Lipinski definition) is 2. The van der Waals surface area contributed by atoms with E-state index in [9.17, 15) is 5.21 Å². The molecule has 0 spiro atoms. The number of allylic oxidation sites excluding steroid dienone is 1. The minimum absolute atomic E-state index is 0.254. The molecule has 0 unspecified atom stereocenters. The molecule has 0 bridgehead atoms. The average Bonchev–Trinajstić information content (AvgIpc) is 2.52. The number of benzene rings is 1. The van der Waals surface area contributed by atoms with Crippen LogP contribution in [0.1, 0.15) is 36.8 Å². The molecule has 0 aliphatic rings. The Balaban J connectivity index is 2.21. The van der Waals surface area contributed by atoms with Gasteiger partial charge in [-0.25, -0.2) is 0 Å². The van der Waals surface area contributed by atoms with E-state index in [1.807, 2.05) is 24.3 Å². The maximum atomic E-state index is 11.5. The summed E-state index contributed by atoms with van der Waals surface area (Å²) in [6.45, 7) is 0.254. The van der Waals surface area contributed by atoms with Crippen LogP contribution in [-0.2, 0) is 0 Å². The van der Waals surface area contributed by atoms with Gasteiger partial charge in [-0.15, -0.1) is 0 Å². The van der Waals surface area contributed by atoms with E-state index in [0.717, 1.165) is 47.1 Å². The first-order valence-electron chi connectivity index (χ1n) is 7.37. The van der Waals surface area contributed by atoms with Crippen molar-refractivity contribution in [3.63, 3.8) is 0 Å². The van der Waals surface area contributed by atoms with Crippen LogP contribution in [0.2, 0.25) is 0 Å². The quantitative estimate of drug-likeness (QED) is 0.481. The molecule has 0 fully saturated rings. The van der Waals surface area contributed by atoms with Crippen LogP contribution in [0.5, 0.6) is 0 Å². The SMILES string of the molecule is [O-][n+]1cccc(/C(=C/CCCCCO)c2ccccc2)c1. The Hall–Kier alpha value is -2.13. The van der Waals surface area contributed by atoms with Crippen LogP contribution >= 0.6 is 0 Å². The van der Waals surface area contributed by atoms with Gasteiger partial charge in [0.15, 0.2) is 12.4 Å². The Bertz CT molecular complexity index is 579. The van der Waals surface area contributed by atoms with Gasteiger partial charge in [0.2, 0.25) is 0 Å². The molecule has 3 nitrogen and oxygen atoms in total. The van der Waals surface area contributed by atoms with Gasteiger partial charge in [0, 0.05) is 18.2 Å². The largest absolute Gasteiger partial charge is 0.619 e. The molecule has 21 heavy (non-hydrogen) atoms. The van der Waals surface area contributed by atoms with Gasteiger partial charge in [0.25, 0.3) is 0 Å². The molecule has 3 heteroatoms. The van der Waals surface area contributed by atoms with Crippen molar-refractivity contribution in [1.82, 2.24) is 0 Å². The molecule has 0 saturated carbocycles. The number of nitrogens with zero attached hydrogens (tertiary/aromatic N) is 1. The highest BCUT2D eigenvalue weighted by Crippen LogP contribution is 2.23. The molecule has 1 N–H and O–H groups in total. The Kier molecular flexibility index (Phi) is 5.98. The molecule has 0 atom stereocenters. The summed E-state index contributed by atoms with van der Waals surface area (Å²) in [5, 5.41) is 20.3. The second-order valence-electron chi connectivity index (χ2n) is 5.01. The molecule has 0 aliphatic carbocycles. The third-order valence-electron chi connectivity index (χ3n) is 3.38. The van der Waals surface area contributed by atoms with E-state index in [0.29, 0.717) is 0 Å². The summed E-state index contributed by atoms with van der Waals surface area (Å²) in [5.74, 6) is 0. The number of rotatable bonds is 7. The standard InChI is InChI=1S/C18H21NO2/c20-14-7-2-1-6-12-18(16-9-4-3-5-10-16)17-11-8-13-19(21)15-17/h3-5,8-13,15,20H,1-2,6-7,14H2/b18-12+. The first-order valence-corrected chi connectivity index (χ1v) is 7.37. The number of unbranched alkanes of at least 4 members (excludes halogenated alkanes) is 3. The van der Waals surface area contributed by atoms with Crippen molar-refractivity contribution < 1.29 is 9.84 Å². The summed E-state index contributed by atoms with van der Waals surface area (Å²) in [5.41, 5.74) is 3.14. The van der Waals surface area contributed by atoms with Gasteiger partial charge >= 0.3 is 0 Å². The Morgan fingerprint density at radius 3 is 2.48 bits per heavy atom. The molecule has 0 saturated heterocycles. The van der Waals surface area contributed by atoms with E-state index >= 15 is 0 Å². The summed E-state index contributed by atoms with van der Waals surface area (Å²) in [6.07, 6.45) is 9.13. The van der Waals surface area contributed by atoms with Crippen LogP contribution in [0.3, 0.4) is 0 Å². The summed E-state index contributed by atoms with van der Waals surface area (Å²) in [7, 11) is 0. The predicted molar refractivity (Wildman–Crippen MR) is 84.5 cm³/mol. The van der Waals surface area contributed by atoms with E-state index in [4.69, 9.17) is 5.11 Å². The van der Waals surface area contributed by atoms with Crippen LogP contribution in [0.25, 0.3) is 5.57 Å². The van der Waals surface area contributed by atoms with Crippen LogP contribution in [0.15, 0.2) is 60.9 Å². The lowest BCUT2D eigenvalue weighted by Gasteiger charge is -2.08. The summed E-state index contributed by atoms with van der Waals surface area (Å²) in [6, 6.07) is 13.8. The van der Waals surface area contributed by atoms with Gasteiger partial charge in [-0.1, -0.05) is 42.8 Å². The lowest BCUT2D eigenvalue weighted by molar-refractivity contribution is -0.605. The summed E-state index contributed by atoms with van der Waals surface area (Å²) < 4.78 is 0.831. The Morgan fingerprint density at radius 1 is 1.00 bits per heavy atom. The Morgan fingerprint density at radius 2 is 1.76 bits per heavy atom. The van der Waals surface area contributed by atoms with Gasteiger partial charge in [-0.2, -0.15) is 4.73 Å². The lowest BCUT2D eigenvalue weighted by atomic mass is 9.97. The average molecular weight is 283 g/mol. The fourth-order valence-electron chi connectivity index (χ4n) is 2.31. The molecule has 1 aromatic carbocycles. The number of aliphatic hydroxyl groups is 1. The fraction of sp³-hybridized carbons (Fsp3) is 0.278. The maximum Gasteiger partial charge on any atom is 0.188 e. The van der Waals surface area contributed by atoms with Gasteiger partial charge < -0.3 is 10.3 Å². The zero-order valence-corrected chi connectivity index (χ0v) is 12.1. The molecule has 2 rings (SSSR count). The van der Waals surface area contributed by atoms with Crippen LogP contribution in [0, 0.1) is 5.21 Å². The molecule has 0 aliphatic heterocycles. The zero-order valence-electron chi connectivity index (χ0n) is 12.1. The summed E-state index contributed by atoms with van der Waals surface area (Å²) >= 11 is 0. The van der Waals surface area contributed by atoms with Gasteiger partial charge in [0.1, 0.15) is 0 Å². The second-order valence-corrected chi connectivity index (χ2v) is 5.01. The molecule has 0 radical (unpaired) electrons. The van der Waals surface area contributed by atoms with Gasteiger partial charge in [-0.3, -0.25) is 0 Å². The number of aromatic nitrogens is 1. The zero-order chi connectivity index (χ0) is 14.9. The van der Waals surface area contributed by atoms with E-state index < -0.39 is 0 Å². The molecule has 0 amide bonds. The van der Waals surface area contributed by atoms with Gasteiger partial charge in [-0.05, 0) is 36.5 Å². The van der Waals surface area contributed by atoms with E-state index in [2.05, 4.69) is 18.2 Å². The van der Waals surface area contributed by atoms with Crippen molar-refractivity contribution in [2.24, 2.45) is 0 Å². The van der Waals surface area contributed by atoms with E-state index in [-0.39, 0.29) is 6.61 Å². The fourth-order valence-corrected chi connectivity index (χ4v) is 2.31. The summed E-state index contributed by atoms with van der Waals surface area (Å²) in [4.78, 5) is 0. The highest BCUT2D eigenvalue weighted by Gasteiger charge is 2.07. The van der Waals surface area contributed by atoms with Crippen LogP contribution in [-0.4, -0.2) is 11.7 Å². The normalized spacial score (nSPS) is 11.6. The third kappa shape index (κ3) is 4.72. The molecule has 1 aromatic heterocycles. The highest BCUT2D eigenvalue weighted by molar-refractivity contribution is 5.79. The van der Waals surface area contributed by atoms with Crippen molar-refractivity contribution in [2.75, 3.05) is 6.61 Å². The second kappa shape index (κ2) is 8.22. The molecule has 110 valence electrons. The molecular weight excluding hydrogens is 262 g/mol. The molecule has 2 aromatic rings. The minimum atomic E-state index is 0.254. The first-order chi connectivity index (χ1) is 10.3. The smallest absolute Gasteiger partial charge is 0.188 e. The molecular formula is C18H21NO2. The number of hydrogen-bond donors (Lipinski definition) is 1. The van der Waals surface area contributed by atoms with Crippen molar-refractivity contribution in [3.8, 4) is 0 Å². The van der Waals surface area contributed by atoms with E-state index in [1.54, 1.807) is 12.3 Å². The van der Waals surface area contributed by atoms with Crippen LogP contribution in [0.4, 0.5) is 0 Å². The predicted octanol–water partition coefficient (Wildman–Crippen LogP) is 3.30. The number of pyridine rings is 1. The van der Waals surface area contributed by atoms with Crippen molar-refractivity contribution in [2.45, 2.75) is 25.7 Å². The Labute approximate surface area is 125 Å². The van der Waals surface area contributed by atoms with Crippen LogP contribution < -0.4 is 4.73 Å². The lowest BCUT2D eigenvalue weighted by Crippen LogP contribution is -2.24. The first kappa shape index (κ1) is 15.3. The highest BCUT2D eigenvalue weighted by atomic mass is 16.5. The van der Waals surface area contributed by atoms with E-state index in [1.165, 1.54) is 6.20 Å².